The molecule has 0 spiro atoms. The van der Waals surface area contributed by atoms with E-state index in [9.17, 15) is 0 Å². The Labute approximate surface area is 135 Å². The van der Waals surface area contributed by atoms with E-state index in [-0.39, 0.29) is 24.8 Å². The highest BCUT2D eigenvalue weighted by Crippen LogP contribution is 2.29. The van der Waals surface area contributed by atoms with Crippen LogP contribution in [0.5, 0.6) is 0 Å². The summed E-state index contributed by atoms with van der Waals surface area (Å²) in [7, 11) is 0. The number of nitrogens with zero attached hydrogens (tertiary/aromatic N) is 2. The van der Waals surface area contributed by atoms with Gasteiger partial charge in [0.2, 0.25) is 0 Å². The molecule has 3 nitrogen and oxygen atoms in total. The summed E-state index contributed by atoms with van der Waals surface area (Å²) in [4.78, 5) is 6.82. The second-order valence-corrected chi connectivity index (χ2v) is 4.96. The smallest absolute Gasteiger partial charge is 0.110 e. The minimum Gasteiger partial charge on any atom is -0.314 e. The van der Waals surface area contributed by atoms with Gasteiger partial charge in [0, 0.05) is 44.0 Å². The predicted octanol–water partition coefficient (Wildman–Crippen LogP) is 3.21. The first-order valence-corrected chi connectivity index (χ1v) is 6.78. The van der Waals surface area contributed by atoms with Crippen LogP contribution >= 0.6 is 40.7 Å². The third kappa shape index (κ3) is 5.04. The summed E-state index contributed by atoms with van der Waals surface area (Å²) in [5, 5.41) is 3.38. The molecule has 1 saturated heterocycles. The number of nitrogens with one attached hydrogen (secondary N) is 1. The van der Waals surface area contributed by atoms with Gasteiger partial charge < -0.3 is 5.32 Å². The van der Waals surface area contributed by atoms with Gasteiger partial charge in [-0.2, -0.15) is 0 Å². The number of halogens is 3. The van der Waals surface area contributed by atoms with Crippen molar-refractivity contribution in [3.05, 3.63) is 41.2 Å². The summed E-state index contributed by atoms with van der Waals surface area (Å²) in [6.45, 7) is 8.16. The van der Waals surface area contributed by atoms with Gasteiger partial charge >= 0.3 is 0 Å². The zero-order valence-electron chi connectivity index (χ0n) is 10.7. The number of hydrogen-bond donors (Lipinski definition) is 1. The Morgan fingerprint density at radius 3 is 2.68 bits per heavy atom. The van der Waals surface area contributed by atoms with Crippen LogP contribution in [0, 0.1) is 0 Å². The first kappa shape index (κ1) is 18.9. The molecule has 0 amide bonds. The van der Waals surface area contributed by atoms with Crippen LogP contribution in [0.25, 0.3) is 0 Å². The van der Waals surface area contributed by atoms with Crippen molar-refractivity contribution in [1.82, 2.24) is 15.2 Å². The van der Waals surface area contributed by atoms with Crippen molar-refractivity contribution in [2.75, 3.05) is 26.2 Å². The summed E-state index contributed by atoms with van der Waals surface area (Å²) in [6, 6.07) is 4.53. The van der Waals surface area contributed by atoms with Gasteiger partial charge in [0.1, 0.15) is 4.60 Å². The molecule has 1 N–H and O–H groups in total. The maximum Gasteiger partial charge on any atom is 0.110 e. The molecule has 0 aromatic carbocycles. The molecule has 1 aromatic heterocycles. The van der Waals surface area contributed by atoms with Crippen molar-refractivity contribution in [2.45, 2.75) is 12.5 Å². The molecule has 1 aromatic rings. The lowest BCUT2D eigenvalue weighted by molar-refractivity contribution is 0.173. The van der Waals surface area contributed by atoms with Gasteiger partial charge in [0.25, 0.3) is 0 Å². The summed E-state index contributed by atoms with van der Waals surface area (Å²) in [5.41, 5.74) is 1.26. The molecule has 1 aliphatic heterocycles. The minimum atomic E-state index is 0. The van der Waals surface area contributed by atoms with Crippen molar-refractivity contribution in [3.8, 4) is 0 Å². The van der Waals surface area contributed by atoms with E-state index < -0.39 is 0 Å². The zero-order chi connectivity index (χ0) is 12.1. The highest BCUT2D eigenvalue weighted by atomic mass is 79.9. The third-order valence-electron chi connectivity index (χ3n) is 3.13. The molecule has 0 aliphatic carbocycles. The monoisotopic (exact) mass is 367 g/mol. The van der Waals surface area contributed by atoms with Crippen LogP contribution in [0.1, 0.15) is 18.0 Å². The number of aromatic nitrogens is 1. The first-order chi connectivity index (χ1) is 8.33. The normalized spacial score (nSPS) is 16.9. The number of rotatable bonds is 4. The second kappa shape index (κ2) is 9.72. The Hall–Kier alpha value is -0.130. The second-order valence-electron chi connectivity index (χ2n) is 4.21. The Morgan fingerprint density at radius 2 is 2.11 bits per heavy atom. The van der Waals surface area contributed by atoms with Crippen LogP contribution in [0.3, 0.4) is 0 Å². The van der Waals surface area contributed by atoms with Crippen LogP contribution in [-0.4, -0.2) is 36.1 Å². The van der Waals surface area contributed by atoms with Crippen LogP contribution in [0.15, 0.2) is 35.6 Å². The van der Waals surface area contributed by atoms with Gasteiger partial charge in [-0.05, 0) is 28.4 Å². The van der Waals surface area contributed by atoms with Gasteiger partial charge in [-0.25, -0.2) is 4.98 Å². The molecule has 1 fully saturated rings. The fourth-order valence-electron chi connectivity index (χ4n) is 2.27. The predicted molar refractivity (Wildman–Crippen MR) is 88.4 cm³/mol. The van der Waals surface area contributed by atoms with Crippen molar-refractivity contribution < 1.29 is 0 Å². The van der Waals surface area contributed by atoms with E-state index in [0.717, 1.165) is 37.2 Å². The van der Waals surface area contributed by atoms with Crippen molar-refractivity contribution in [1.29, 1.82) is 0 Å². The molecule has 108 valence electrons. The first-order valence-electron chi connectivity index (χ1n) is 5.99. The third-order valence-corrected chi connectivity index (χ3v) is 3.79. The quantitative estimate of drug-likeness (QED) is 0.653. The van der Waals surface area contributed by atoms with E-state index in [0.29, 0.717) is 6.04 Å². The molecule has 2 heterocycles. The van der Waals surface area contributed by atoms with E-state index in [1.165, 1.54) is 5.56 Å². The molecule has 0 radical (unpaired) electrons. The van der Waals surface area contributed by atoms with Gasteiger partial charge in [-0.1, -0.05) is 12.1 Å². The van der Waals surface area contributed by atoms with E-state index in [1.807, 2.05) is 18.3 Å². The van der Waals surface area contributed by atoms with Crippen LogP contribution < -0.4 is 5.32 Å². The lowest BCUT2D eigenvalue weighted by atomic mass is 10.0. The van der Waals surface area contributed by atoms with E-state index in [2.05, 4.69) is 43.8 Å². The lowest BCUT2D eigenvalue weighted by Crippen LogP contribution is -2.45. The minimum absolute atomic E-state index is 0. The highest BCUT2D eigenvalue weighted by molar-refractivity contribution is 9.10. The molecule has 1 atom stereocenters. The Balaban J connectivity index is 0.00000162. The average molecular weight is 369 g/mol. The summed E-state index contributed by atoms with van der Waals surface area (Å²) in [6.07, 6.45) is 4.77. The molecular weight excluding hydrogens is 349 g/mol. The SMILES string of the molecule is C=CC[C@@H](c1cccnc1Br)N1CCNCC1.Cl.Cl. The van der Waals surface area contributed by atoms with Crippen LogP contribution in [0.2, 0.25) is 0 Å². The maximum absolute atomic E-state index is 4.32. The summed E-state index contributed by atoms with van der Waals surface area (Å²) in [5.74, 6) is 0. The van der Waals surface area contributed by atoms with E-state index >= 15 is 0 Å². The van der Waals surface area contributed by atoms with Crippen molar-refractivity contribution in [2.24, 2.45) is 0 Å². The zero-order valence-corrected chi connectivity index (χ0v) is 13.9. The average Bonchev–Trinajstić information content (AvgIpc) is 2.38. The maximum atomic E-state index is 4.32. The molecule has 1 aliphatic rings. The highest BCUT2D eigenvalue weighted by Gasteiger charge is 2.22. The van der Waals surface area contributed by atoms with Gasteiger partial charge in [0.15, 0.2) is 0 Å². The van der Waals surface area contributed by atoms with E-state index in [1.54, 1.807) is 0 Å². The Kier molecular flexibility index (Phi) is 9.66. The molecule has 0 saturated carbocycles. The summed E-state index contributed by atoms with van der Waals surface area (Å²) < 4.78 is 0.949. The lowest BCUT2D eigenvalue weighted by Gasteiger charge is -2.35. The van der Waals surface area contributed by atoms with Gasteiger partial charge in [0.05, 0.1) is 0 Å². The topological polar surface area (TPSA) is 28.2 Å². The molecule has 2 rings (SSSR count). The van der Waals surface area contributed by atoms with E-state index in [4.69, 9.17) is 0 Å². The largest absolute Gasteiger partial charge is 0.314 e. The van der Waals surface area contributed by atoms with Crippen molar-refractivity contribution in [3.63, 3.8) is 0 Å². The summed E-state index contributed by atoms with van der Waals surface area (Å²) >= 11 is 3.55. The fourth-order valence-corrected chi connectivity index (χ4v) is 2.79. The Morgan fingerprint density at radius 1 is 1.42 bits per heavy atom. The fraction of sp³-hybridized carbons (Fsp3) is 0.462. The molecular formula is C13H20BrCl2N3. The van der Waals surface area contributed by atoms with Crippen LogP contribution in [0.4, 0.5) is 0 Å². The molecule has 6 heteroatoms. The standard InChI is InChI=1S/C13H18BrN3.2ClH/c1-2-4-12(17-9-7-15-8-10-17)11-5-3-6-16-13(11)14;;/h2-3,5-6,12,15H,1,4,7-10H2;2*1H/t12-;;/m0../s1. The molecule has 19 heavy (non-hydrogen) atoms. The number of hydrogen-bond acceptors (Lipinski definition) is 3. The molecule has 0 bridgehead atoms. The molecule has 0 unspecified atom stereocenters. The van der Waals surface area contributed by atoms with Gasteiger partial charge in [-0.15, -0.1) is 31.4 Å². The van der Waals surface area contributed by atoms with Crippen LogP contribution in [-0.2, 0) is 0 Å². The number of pyridine rings is 1. The van der Waals surface area contributed by atoms with Gasteiger partial charge in [-0.3, -0.25) is 4.90 Å². The van der Waals surface area contributed by atoms with Crippen molar-refractivity contribution >= 4 is 40.7 Å². The number of piperazine rings is 1. The Bertz CT molecular complexity index is 384.